The van der Waals surface area contributed by atoms with Crippen molar-refractivity contribution in [3.8, 4) is 0 Å². The van der Waals surface area contributed by atoms with Crippen molar-refractivity contribution in [2.24, 2.45) is 0 Å². The fourth-order valence-corrected chi connectivity index (χ4v) is 1.83. The summed E-state index contributed by atoms with van der Waals surface area (Å²) in [6, 6.07) is 7.42. The largest absolute Gasteiger partial charge is 0.348 e. The summed E-state index contributed by atoms with van der Waals surface area (Å²) in [6.45, 7) is 0.343. The summed E-state index contributed by atoms with van der Waals surface area (Å²) in [5.74, 6) is -0.349. The van der Waals surface area contributed by atoms with E-state index in [1.54, 1.807) is 24.5 Å². The van der Waals surface area contributed by atoms with Crippen LogP contribution >= 0.6 is 11.6 Å². The van der Waals surface area contributed by atoms with Crippen LogP contribution in [0.3, 0.4) is 0 Å². The first kappa shape index (κ1) is 14.0. The molecule has 0 aliphatic carbocycles. The van der Waals surface area contributed by atoms with Gasteiger partial charge in [-0.1, -0.05) is 11.6 Å². The normalized spacial score (nSPS) is 10.1. The number of amides is 1. The van der Waals surface area contributed by atoms with Crippen LogP contribution in [0.1, 0.15) is 15.9 Å². The maximum absolute atomic E-state index is 11.9. The van der Waals surface area contributed by atoms with Gasteiger partial charge in [-0.25, -0.2) is 0 Å². The lowest BCUT2D eigenvalue weighted by Crippen LogP contribution is -2.22. The van der Waals surface area contributed by atoms with Crippen LogP contribution in [-0.4, -0.2) is 15.8 Å². The van der Waals surface area contributed by atoms with Gasteiger partial charge in [0.2, 0.25) is 0 Å². The molecule has 1 aromatic heterocycles. The number of hydrogen-bond acceptors (Lipinski definition) is 4. The second kappa shape index (κ2) is 6.12. The number of nitro benzene ring substituents is 1. The Kier molecular flexibility index (Phi) is 4.27. The van der Waals surface area contributed by atoms with Crippen molar-refractivity contribution in [3.05, 3.63) is 69.0 Å². The topological polar surface area (TPSA) is 85.1 Å². The molecule has 1 N–H and O–H groups in total. The molecule has 0 spiro atoms. The zero-order valence-electron chi connectivity index (χ0n) is 10.2. The van der Waals surface area contributed by atoms with Crippen LogP contribution in [0.2, 0.25) is 5.02 Å². The first-order valence-corrected chi connectivity index (χ1v) is 6.07. The third-order valence-corrected chi connectivity index (χ3v) is 2.91. The molecule has 0 fully saturated rings. The van der Waals surface area contributed by atoms with Gasteiger partial charge in [0, 0.05) is 30.6 Å². The lowest BCUT2D eigenvalue weighted by molar-refractivity contribution is -0.384. The summed E-state index contributed by atoms with van der Waals surface area (Å²) in [4.78, 5) is 25.8. The van der Waals surface area contributed by atoms with Crippen molar-refractivity contribution in [2.45, 2.75) is 6.54 Å². The Hall–Kier alpha value is -2.47. The number of nitrogens with one attached hydrogen (secondary N) is 1. The van der Waals surface area contributed by atoms with E-state index < -0.39 is 4.92 Å². The highest BCUT2D eigenvalue weighted by Gasteiger charge is 2.15. The van der Waals surface area contributed by atoms with E-state index in [2.05, 4.69) is 10.3 Å². The molecule has 102 valence electrons. The van der Waals surface area contributed by atoms with E-state index in [-0.39, 0.29) is 22.2 Å². The average Bonchev–Trinajstić information content (AvgIpc) is 2.45. The summed E-state index contributed by atoms with van der Waals surface area (Å²) in [7, 11) is 0. The maximum atomic E-state index is 11.9. The zero-order chi connectivity index (χ0) is 14.5. The molecule has 2 aromatic rings. The number of hydrogen-bond donors (Lipinski definition) is 1. The van der Waals surface area contributed by atoms with Gasteiger partial charge in [-0.3, -0.25) is 19.9 Å². The van der Waals surface area contributed by atoms with Crippen molar-refractivity contribution in [2.75, 3.05) is 0 Å². The Morgan fingerprint density at radius 2 is 2.00 bits per heavy atom. The molecular weight excluding hydrogens is 282 g/mol. The molecule has 0 aliphatic heterocycles. The average molecular weight is 292 g/mol. The van der Waals surface area contributed by atoms with Crippen LogP contribution < -0.4 is 5.32 Å². The molecule has 0 atom stereocenters. The number of carbonyl (C=O) groups excluding carboxylic acids is 1. The predicted octanol–water partition coefficient (Wildman–Crippen LogP) is 2.57. The minimum atomic E-state index is -0.596. The summed E-state index contributed by atoms with van der Waals surface area (Å²) in [5.41, 5.74) is 0.952. The van der Waals surface area contributed by atoms with Gasteiger partial charge in [-0.15, -0.1) is 0 Å². The number of nitrogens with zero attached hydrogens (tertiary/aromatic N) is 2. The van der Waals surface area contributed by atoms with E-state index in [1.807, 2.05) is 0 Å². The van der Waals surface area contributed by atoms with Gasteiger partial charge in [-0.2, -0.15) is 0 Å². The SMILES string of the molecule is O=C(NCc1ccncc1)c1ccc([N+](=O)[O-])c(Cl)c1. The summed E-state index contributed by atoms with van der Waals surface area (Å²) in [5, 5.41) is 13.3. The van der Waals surface area contributed by atoms with E-state index in [0.29, 0.717) is 6.54 Å². The van der Waals surface area contributed by atoms with Crippen molar-refractivity contribution in [1.29, 1.82) is 0 Å². The van der Waals surface area contributed by atoms with Gasteiger partial charge < -0.3 is 5.32 Å². The van der Waals surface area contributed by atoms with Crippen LogP contribution in [0.15, 0.2) is 42.7 Å². The molecule has 1 aromatic carbocycles. The Labute approximate surface area is 119 Å². The van der Waals surface area contributed by atoms with E-state index >= 15 is 0 Å². The first-order valence-electron chi connectivity index (χ1n) is 5.69. The molecule has 7 heteroatoms. The second-order valence-corrected chi connectivity index (χ2v) is 4.37. The summed E-state index contributed by atoms with van der Waals surface area (Å²) < 4.78 is 0. The smallest absolute Gasteiger partial charge is 0.287 e. The Morgan fingerprint density at radius 1 is 1.30 bits per heavy atom. The highest BCUT2D eigenvalue weighted by atomic mass is 35.5. The molecule has 0 saturated carbocycles. The standard InChI is InChI=1S/C13H10ClN3O3/c14-11-7-10(1-2-12(11)17(19)20)13(18)16-8-9-3-5-15-6-4-9/h1-7H,8H2,(H,16,18). The van der Waals surface area contributed by atoms with Crippen LogP contribution in [0.5, 0.6) is 0 Å². The number of nitro groups is 1. The Bertz CT molecular complexity index is 647. The fourth-order valence-electron chi connectivity index (χ4n) is 1.58. The number of carbonyl (C=O) groups is 1. The monoisotopic (exact) mass is 291 g/mol. The maximum Gasteiger partial charge on any atom is 0.287 e. The molecule has 0 saturated heterocycles. The van der Waals surface area contributed by atoms with Gasteiger partial charge in [0.15, 0.2) is 0 Å². The summed E-state index contributed by atoms with van der Waals surface area (Å²) in [6.07, 6.45) is 3.26. The van der Waals surface area contributed by atoms with Crippen LogP contribution in [-0.2, 0) is 6.54 Å². The van der Waals surface area contributed by atoms with Crippen LogP contribution in [0, 0.1) is 10.1 Å². The van der Waals surface area contributed by atoms with Crippen molar-refractivity contribution in [1.82, 2.24) is 10.3 Å². The van der Waals surface area contributed by atoms with Gasteiger partial charge >= 0.3 is 0 Å². The number of pyridine rings is 1. The van der Waals surface area contributed by atoms with E-state index in [1.165, 1.54) is 18.2 Å². The molecule has 1 heterocycles. The Balaban J connectivity index is 2.06. The third kappa shape index (κ3) is 3.30. The lowest BCUT2D eigenvalue weighted by Gasteiger charge is -2.05. The molecular formula is C13H10ClN3O3. The first-order chi connectivity index (χ1) is 9.58. The van der Waals surface area contributed by atoms with E-state index in [9.17, 15) is 14.9 Å². The summed E-state index contributed by atoms with van der Waals surface area (Å²) >= 11 is 5.76. The second-order valence-electron chi connectivity index (χ2n) is 3.96. The molecule has 6 nitrogen and oxygen atoms in total. The van der Waals surface area contributed by atoms with Gasteiger partial charge in [0.05, 0.1) is 4.92 Å². The molecule has 2 rings (SSSR count). The predicted molar refractivity (Wildman–Crippen MR) is 73.5 cm³/mol. The number of aromatic nitrogens is 1. The van der Waals surface area contributed by atoms with Crippen molar-refractivity contribution < 1.29 is 9.72 Å². The Morgan fingerprint density at radius 3 is 2.60 bits per heavy atom. The lowest BCUT2D eigenvalue weighted by atomic mass is 10.2. The number of rotatable bonds is 4. The minimum absolute atomic E-state index is 0.0634. The quantitative estimate of drug-likeness (QED) is 0.693. The van der Waals surface area contributed by atoms with Gasteiger partial charge in [0.1, 0.15) is 5.02 Å². The highest BCUT2D eigenvalue weighted by Crippen LogP contribution is 2.24. The van der Waals surface area contributed by atoms with E-state index in [4.69, 9.17) is 11.6 Å². The minimum Gasteiger partial charge on any atom is -0.348 e. The highest BCUT2D eigenvalue weighted by molar-refractivity contribution is 6.33. The van der Waals surface area contributed by atoms with Crippen molar-refractivity contribution >= 4 is 23.2 Å². The molecule has 0 unspecified atom stereocenters. The molecule has 0 bridgehead atoms. The molecule has 0 radical (unpaired) electrons. The van der Waals surface area contributed by atoms with Gasteiger partial charge in [0.25, 0.3) is 11.6 Å². The van der Waals surface area contributed by atoms with Crippen molar-refractivity contribution in [3.63, 3.8) is 0 Å². The van der Waals surface area contributed by atoms with Crippen LogP contribution in [0.25, 0.3) is 0 Å². The molecule has 1 amide bonds. The molecule has 0 aliphatic rings. The number of halogens is 1. The van der Waals surface area contributed by atoms with Crippen LogP contribution in [0.4, 0.5) is 5.69 Å². The van der Waals surface area contributed by atoms with E-state index in [0.717, 1.165) is 5.56 Å². The third-order valence-electron chi connectivity index (χ3n) is 2.61. The fraction of sp³-hybridized carbons (Fsp3) is 0.0769. The zero-order valence-corrected chi connectivity index (χ0v) is 11.0. The van der Waals surface area contributed by atoms with Gasteiger partial charge in [-0.05, 0) is 29.8 Å². The number of benzene rings is 1. The molecule has 20 heavy (non-hydrogen) atoms.